The van der Waals surface area contributed by atoms with Gasteiger partial charge >= 0.3 is 0 Å². The predicted molar refractivity (Wildman–Crippen MR) is 65.1 cm³/mol. The first-order chi connectivity index (χ1) is 8.35. The van der Waals surface area contributed by atoms with Crippen molar-refractivity contribution in [2.24, 2.45) is 0 Å². The van der Waals surface area contributed by atoms with Gasteiger partial charge in [-0.2, -0.15) is 0 Å². The van der Waals surface area contributed by atoms with E-state index in [9.17, 15) is 13.9 Å². The van der Waals surface area contributed by atoms with Gasteiger partial charge in [-0.3, -0.25) is 0 Å². The Kier molecular flexibility index (Phi) is 5.19. The van der Waals surface area contributed by atoms with Crippen LogP contribution in [-0.4, -0.2) is 28.9 Å². The van der Waals surface area contributed by atoms with Gasteiger partial charge in [0.1, 0.15) is 0 Å². The third kappa shape index (κ3) is 4.33. The summed E-state index contributed by atoms with van der Waals surface area (Å²) in [5.41, 5.74) is -0.00454. The van der Waals surface area contributed by atoms with Crippen molar-refractivity contribution in [1.29, 1.82) is 0 Å². The van der Waals surface area contributed by atoms with Crippen LogP contribution in [0, 0.1) is 11.6 Å². The lowest BCUT2D eigenvalue weighted by Crippen LogP contribution is -2.42. The smallest absolute Gasteiger partial charge is 0.159 e. The molecule has 3 N–H and O–H groups in total. The van der Waals surface area contributed by atoms with E-state index in [0.29, 0.717) is 12.0 Å². The highest BCUT2D eigenvalue weighted by Gasteiger charge is 2.19. The van der Waals surface area contributed by atoms with E-state index in [1.54, 1.807) is 0 Å². The SMILES string of the molecule is CC(C)(CCO)NCC(O)c1ccc(F)c(F)c1. The fraction of sp³-hybridized carbons (Fsp3) is 0.538. The second kappa shape index (κ2) is 6.22. The summed E-state index contributed by atoms with van der Waals surface area (Å²) in [5, 5.41) is 21.8. The standard InChI is InChI=1S/C13H19F2NO2/c1-13(2,5-6-17)16-8-12(18)9-3-4-10(14)11(15)7-9/h3-4,7,12,16-18H,5-6,8H2,1-2H3. The van der Waals surface area contributed by atoms with Crippen molar-refractivity contribution in [2.45, 2.75) is 31.9 Å². The summed E-state index contributed by atoms with van der Waals surface area (Å²) in [6.45, 7) is 4.03. The van der Waals surface area contributed by atoms with Crippen LogP contribution in [0.4, 0.5) is 8.78 Å². The molecule has 1 aromatic carbocycles. The Labute approximate surface area is 105 Å². The molecule has 1 unspecified atom stereocenters. The minimum atomic E-state index is -0.971. The van der Waals surface area contributed by atoms with E-state index in [4.69, 9.17) is 5.11 Å². The Morgan fingerprint density at radius 1 is 1.28 bits per heavy atom. The van der Waals surface area contributed by atoms with Gasteiger partial charge in [-0.05, 0) is 38.0 Å². The molecule has 0 aliphatic carbocycles. The molecule has 0 aliphatic heterocycles. The third-order valence-electron chi connectivity index (χ3n) is 2.84. The van der Waals surface area contributed by atoms with Gasteiger partial charge in [0.15, 0.2) is 11.6 Å². The highest BCUT2D eigenvalue weighted by atomic mass is 19.2. The van der Waals surface area contributed by atoms with Crippen LogP contribution >= 0.6 is 0 Å². The Bertz CT molecular complexity index is 397. The van der Waals surface area contributed by atoms with Crippen molar-refractivity contribution in [2.75, 3.05) is 13.2 Å². The summed E-state index contributed by atoms with van der Waals surface area (Å²) >= 11 is 0. The summed E-state index contributed by atoms with van der Waals surface area (Å²) in [4.78, 5) is 0. The van der Waals surface area contributed by atoms with Gasteiger partial charge in [-0.15, -0.1) is 0 Å². The quantitative estimate of drug-likeness (QED) is 0.729. The molecular weight excluding hydrogens is 240 g/mol. The van der Waals surface area contributed by atoms with Crippen LogP contribution in [0.25, 0.3) is 0 Å². The first-order valence-corrected chi connectivity index (χ1v) is 5.84. The molecule has 0 saturated heterocycles. The normalized spacial score (nSPS) is 13.7. The molecule has 0 aliphatic rings. The average Bonchev–Trinajstić information content (AvgIpc) is 2.30. The zero-order chi connectivity index (χ0) is 13.8. The molecule has 0 heterocycles. The molecule has 0 amide bonds. The number of aliphatic hydroxyl groups excluding tert-OH is 2. The predicted octanol–water partition coefficient (Wildman–Crippen LogP) is 1.75. The minimum absolute atomic E-state index is 0.0429. The zero-order valence-corrected chi connectivity index (χ0v) is 10.6. The van der Waals surface area contributed by atoms with Crippen molar-refractivity contribution in [3.63, 3.8) is 0 Å². The lowest BCUT2D eigenvalue weighted by Gasteiger charge is -2.27. The fourth-order valence-electron chi connectivity index (χ4n) is 1.58. The van der Waals surface area contributed by atoms with Gasteiger partial charge in [0.25, 0.3) is 0 Å². The lowest BCUT2D eigenvalue weighted by molar-refractivity contribution is 0.151. The molecule has 0 bridgehead atoms. The number of nitrogens with one attached hydrogen (secondary N) is 1. The molecule has 3 nitrogen and oxygen atoms in total. The van der Waals surface area contributed by atoms with E-state index in [1.165, 1.54) is 6.07 Å². The second-order valence-corrected chi connectivity index (χ2v) is 4.93. The summed E-state index contributed by atoms with van der Waals surface area (Å²) < 4.78 is 25.7. The number of rotatable bonds is 6. The molecule has 1 atom stereocenters. The van der Waals surface area contributed by atoms with E-state index >= 15 is 0 Å². The molecule has 0 radical (unpaired) electrons. The Hall–Kier alpha value is -1.04. The van der Waals surface area contributed by atoms with Crippen molar-refractivity contribution in [3.05, 3.63) is 35.4 Å². The second-order valence-electron chi connectivity index (χ2n) is 4.93. The molecule has 0 saturated carbocycles. The van der Waals surface area contributed by atoms with Crippen LogP contribution in [0.3, 0.4) is 0 Å². The van der Waals surface area contributed by atoms with Crippen LogP contribution < -0.4 is 5.32 Å². The summed E-state index contributed by atoms with van der Waals surface area (Å²) in [6.07, 6.45) is -0.379. The Morgan fingerprint density at radius 3 is 2.50 bits per heavy atom. The first kappa shape index (κ1) is 15.0. The lowest BCUT2D eigenvalue weighted by atomic mass is 10.0. The number of β-amino-alcohol motifs (C(OH)–C–C–N with tert-alkyl or cyclic N) is 1. The van der Waals surface area contributed by atoms with Crippen LogP contribution in [-0.2, 0) is 0 Å². The number of hydrogen-bond acceptors (Lipinski definition) is 3. The molecule has 5 heteroatoms. The molecule has 1 aromatic rings. The number of benzene rings is 1. The van der Waals surface area contributed by atoms with Crippen LogP contribution in [0.2, 0.25) is 0 Å². The van der Waals surface area contributed by atoms with Crippen molar-refractivity contribution >= 4 is 0 Å². The summed E-state index contributed by atoms with van der Waals surface area (Å²) in [5.74, 6) is -1.90. The monoisotopic (exact) mass is 259 g/mol. The van der Waals surface area contributed by atoms with Crippen molar-refractivity contribution < 1.29 is 19.0 Å². The Balaban J connectivity index is 2.60. The van der Waals surface area contributed by atoms with Gasteiger partial charge in [0.05, 0.1) is 6.10 Å². The van der Waals surface area contributed by atoms with Crippen LogP contribution in [0.15, 0.2) is 18.2 Å². The van der Waals surface area contributed by atoms with Gasteiger partial charge in [0, 0.05) is 18.7 Å². The molecular formula is C13H19F2NO2. The highest BCUT2D eigenvalue weighted by Crippen LogP contribution is 2.17. The zero-order valence-electron chi connectivity index (χ0n) is 10.6. The van der Waals surface area contributed by atoms with E-state index in [2.05, 4.69) is 5.32 Å². The first-order valence-electron chi connectivity index (χ1n) is 5.84. The molecule has 0 fully saturated rings. The molecule has 1 rings (SSSR count). The topological polar surface area (TPSA) is 52.5 Å². The Morgan fingerprint density at radius 2 is 1.94 bits per heavy atom. The maximum Gasteiger partial charge on any atom is 0.159 e. The molecule has 18 heavy (non-hydrogen) atoms. The number of aliphatic hydroxyl groups is 2. The maximum atomic E-state index is 13.0. The molecule has 0 aromatic heterocycles. The van der Waals surface area contributed by atoms with E-state index in [-0.39, 0.29) is 18.7 Å². The van der Waals surface area contributed by atoms with Gasteiger partial charge < -0.3 is 15.5 Å². The third-order valence-corrected chi connectivity index (χ3v) is 2.84. The van der Waals surface area contributed by atoms with E-state index in [1.807, 2.05) is 13.8 Å². The van der Waals surface area contributed by atoms with E-state index < -0.39 is 17.7 Å². The summed E-state index contributed by atoms with van der Waals surface area (Å²) in [7, 11) is 0. The fourth-order valence-corrected chi connectivity index (χ4v) is 1.58. The van der Waals surface area contributed by atoms with Gasteiger partial charge in [-0.25, -0.2) is 8.78 Å². The maximum absolute atomic E-state index is 13.0. The van der Waals surface area contributed by atoms with Crippen molar-refractivity contribution in [1.82, 2.24) is 5.32 Å². The van der Waals surface area contributed by atoms with E-state index in [0.717, 1.165) is 12.1 Å². The largest absolute Gasteiger partial charge is 0.396 e. The highest BCUT2D eigenvalue weighted by molar-refractivity contribution is 5.20. The minimum Gasteiger partial charge on any atom is -0.396 e. The molecule has 102 valence electrons. The number of halogens is 2. The average molecular weight is 259 g/mol. The van der Waals surface area contributed by atoms with Crippen LogP contribution in [0.1, 0.15) is 31.9 Å². The molecule has 0 spiro atoms. The van der Waals surface area contributed by atoms with Crippen molar-refractivity contribution in [3.8, 4) is 0 Å². The van der Waals surface area contributed by atoms with Crippen LogP contribution in [0.5, 0.6) is 0 Å². The van der Waals surface area contributed by atoms with Gasteiger partial charge in [0.2, 0.25) is 0 Å². The van der Waals surface area contributed by atoms with Gasteiger partial charge in [-0.1, -0.05) is 6.07 Å². The summed E-state index contributed by atoms with van der Waals surface area (Å²) in [6, 6.07) is 3.33. The number of hydrogen-bond donors (Lipinski definition) is 3.